The first-order chi connectivity index (χ1) is 6.83. The molecule has 1 rings (SSSR count). The monoisotopic (exact) mass is 197 g/mol. The molecule has 1 fully saturated rings. The van der Waals surface area contributed by atoms with Crippen LogP contribution in [0.1, 0.15) is 59.3 Å². The van der Waals surface area contributed by atoms with Gasteiger partial charge in [0.1, 0.15) is 0 Å². The number of hydrogen-bond donors (Lipinski definition) is 1. The minimum absolute atomic E-state index is 0.833. The van der Waals surface area contributed by atoms with Gasteiger partial charge in [-0.15, -0.1) is 0 Å². The molecule has 0 aromatic carbocycles. The van der Waals surface area contributed by atoms with Gasteiger partial charge in [-0.25, -0.2) is 0 Å². The van der Waals surface area contributed by atoms with Crippen LogP contribution in [0.25, 0.3) is 0 Å². The van der Waals surface area contributed by atoms with Crippen molar-refractivity contribution in [2.75, 3.05) is 6.54 Å². The summed E-state index contributed by atoms with van der Waals surface area (Å²) in [7, 11) is 0. The van der Waals surface area contributed by atoms with E-state index in [4.69, 9.17) is 0 Å². The summed E-state index contributed by atoms with van der Waals surface area (Å²) in [6.07, 6.45) is 8.48. The molecule has 0 heterocycles. The van der Waals surface area contributed by atoms with E-state index < -0.39 is 0 Å². The van der Waals surface area contributed by atoms with Crippen molar-refractivity contribution in [1.29, 1.82) is 0 Å². The zero-order chi connectivity index (χ0) is 10.4. The predicted octanol–water partition coefficient (Wildman–Crippen LogP) is 3.59. The molecule has 0 saturated heterocycles. The quantitative estimate of drug-likeness (QED) is 0.627. The maximum atomic E-state index is 3.71. The Labute approximate surface area is 89.7 Å². The van der Waals surface area contributed by atoms with E-state index in [0.717, 1.165) is 24.4 Å². The Kier molecular flexibility index (Phi) is 5.54. The van der Waals surface area contributed by atoms with Gasteiger partial charge in [0.15, 0.2) is 0 Å². The molecule has 1 N–H and O–H groups in total. The van der Waals surface area contributed by atoms with Gasteiger partial charge in [0.2, 0.25) is 0 Å². The molecule has 0 aromatic rings. The Bertz CT molecular complexity index is 134. The highest BCUT2D eigenvalue weighted by atomic mass is 14.9. The molecule has 1 nitrogen and oxygen atoms in total. The smallest absolute Gasteiger partial charge is 0.0123 e. The summed E-state index contributed by atoms with van der Waals surface area (Å²) in [6.45, 7) is 8.02. The summed E-state index contributed by atoms with van der Waals surface area (Å²) in [5, 5.41) is 3.71. The van der Waals surface area contributed by atoms with Crippen LogP contribution in [0, 0.1) is 11.8 Å². The molecule has 1 unspecified atom stereocenters. The highest BCUT2D eigenvalue weighted by molar-refractivity contribution is 4.90. The standard InChI is InChI=1S/C13H27N/c1-4-7-11(8-5-2)13(14-6-3)12-9-10-12/h11-14H,4-10H2,1-3H3. The second-order valence-corrected chi connectivity index (χ2v) is 4.76. The van der Waals surface area contributed by atoms with E-state index in [1.54, 1.807) is 0 Å². The first-order valence-electron chi connectivity index (χ1n) is 6.56. The first kappa shape index (κ1) is 12.0. The molecular formula is C13H27N. The van der Waals surface area contributed by atoms with E-state index in [2.05, 4.69) is 26.1 Å². The van der Waals surface area contributed by atoms with Gasteiger partial charge in [-0.1, -0.05) is 33.6 Å². The van der Waals surface area contributed by atoms with E-state index in [9.17, 15) is 0 Å². The summed E-state index contributed by atoms with van der Waals surface area (Å²) in [6, 6.07) is 0.833. The van der Waals surface area contributed by atoms with Crippen molar-refractivity contribution in [3.63, 3.8) is 0 Å². The lowest BCUT2D eigenvalue weighted by Crippen LogP contribution is -2.38. The highest BCUT2D eigenvalue weighted by Crippen LogP contribution is 2.38. The fraction of sp³-hybridized carbons (Fsp3) is 1.00. The zero-order valence-corrected chi connectivity index (χ0v) is 10.2. The van der Waals surface area contributed by atoms with Crippen molar-refractivity contribution in [2.24, 2.45) is 11.8 Å². The van der Waals surface area contributed by atoms with Crippen LogP contribution in [0.2, 0.25) is 0 Å². The molecular weight excluding hydrogens is 170 g/mol. The van der Waals surface area contributed by atoms with Crippen molar-refractivity contribution >= 4 is 0 Å². The van der Waals surface area contributed by atoms with Gasteiger partial charge in [-0.05, 0) is 44.1 Å². The van der Waals surface area contributed by atoms with Gasteiger partial charge in [0.05, 0.1) is 0 Å². The van der Waals surface area contributed by atoms with Crippen LogP contribution < -0.4 is 5.32 Å². The van der Waals surface area contributed by atoms with E-state index >= 15 is 0 Å². The van der Waals surface area contributed by atoms with Crippen LogP contribution in [0.3, 0.4) is 0 Å². The topological polar surface area (TPSA) is 12.0 Å². The molecule has 0 aliphatic heterocycles. The van der Waals surface area contributed by atoms with Crippen molar-refractivity contribution in [1.82, 2.24) is 5.32 Å². The fourth-order valence-electron chi connectivity index (χ4n) is 2.65. The van der Waals surface area contributed by atoms with E-state index in [1.807, 2.05) is 0 Å². The van der Waals surface area contributed by atoms with Crippen molar-refractivity contribution < 1.29 is 0 Å². The van der Waals surface area contributed by atoms with Gasteiger partial charge in [0.25, 0.3) is 0 Å². The number of nitrogens with one attached hydrogen (secondary N) is 1. The molecule has 0 aromatic heterocycles. The van der Waals surface area contributed by atoms with Crippen LogP contribution >= 0.6 is 0 Å². The van der Waals surface area contributed by atoms with Gasteiger partial charge < -0.3 is 5.32 Å². The lowest BCUT2D eigenvalue weighted by Gasteiger charge is -2.27. The predicted molar refractivity (Wildman–Crippen MR) is 63.5 cm³/mol. The average Bonchev–Trinajstić information content (AvgIpc) is 2.97. The minimum atomic E-state index is 0.833. The SMILES string of the molecule is CCCC(CCC)C(NCC)C1CC1. The number of hydrogen-bond acceptors (Lipinski definition) is 1. The molecule has 0 amide bonds. The molecule has 14 heavy (non-hydrogen) atoms. The zero-order valence-electron chi connectivity index (χ0n) is 10.2. The largest absolute Gasteiger partial charge is 0.314 e. The lowest BCUT2D eigenvalue weighted by molar-refractivity contribution is 0.288. The van der Waals surface area contributed by atoms with Crippen LogP contribution in [0.15, 0.2) is 0 Å². The average molecular weight is 197 g/mol. The van der Waals surface area contributed by atoms with Gasteiger partial charge >= 0.3 is 0 Å². The summed E-state index contributed by atoms with van der Waals surface area (Å²) in [5.41, 5.74) is 0. The Balaban J connectivity index is 2.41. The third kappa shape index (κ3) is 3.61. The Hall–Kier alpha value is -0.0400. The Morgan fingerprint density at radius 2 is 1.64 bits per heavy atom. The highest BCUT2D eigenvalue weighted by Gasteiger charge is 2.34. The normalized spacial score (nSPS) is 18.9. The molecule has 1 atom stereocenters. The van der Waals surface area contributed by atoms with E-state index in [0.29, 0.717) is 0 Å². The second-order valence-electron chi connectivity index (χ2n) is 4.76. The Morgan fingerprint density at radius 3 is 2.00 bits per heavy atom. The van der Waals surface area contributed by atoms with Crippen molar-refractivity contribution in [3.8, 4) is 0 Å². The maximum Gasteiger partial charge on any atom is 0.0123 e. The van der Waals surface area contributed by atoms with Crippen LogP contribution in [0.5, 0.6) is 0 Å². The summed E-state index contributed by atoms with van der Waals surface area (Å²) in [4.78, 5) is 0. The minimum Gasteiger partial charge on any atom is -0.314 e. The van der Waals surface area contributed by atoms with Crippen LogP contribution in [-0.2, 0) is 0 Å². The molecule has 1 aliphatic carbocycles. The second kappa shape index (κ2) is 6.44. The van der Waals surface area contributed by atoms with Crippen molar-refractivity contribution in [3.05, 3.63) is 0 Å². The Morgan fingerprint density at radius 1 is 1.07 bits per heavy atom. The van der Waals surface area contributed by atoms with Crippen LogP contribution in [-0.4, -0.2) is 12.6 Å². The molecule has 0 bridgehead atoms. The molecule has 0 radical (unpaired) electrons. The lowest BCUT2D eigenvalue weighted by atomic mass is 9.87. The summed E-state index contributed by atoms with van der Waals surface area (Å²) >= 11 is 0. The van der Waals surface area contributed by atoms with Gasteiger partial charge in [-0.3, -0.25) is 0 Å². The molecule has 1 heteroatoms. The van der Waals surface area contributed by atoms with E-state index in [1.165, 1.54) is 38.5 Å². The molecule has 0 spiro atoms. The van der Waals surface area contributed by atoms with E-state index in [-0.39, 0.29) is 0 Å². The summed E-state index contributed by atoms with van der Waals surface area (Å²) in [5.74, 6) is 1.95. The third-order valence-electron chi connectivity index (χ3n) is 3.40. The summed E-state index contributed by atoms with van der Waals surface area (Å²) < 4.78 is 0. The maximum absolute atomic E-state index is 3.71. The first-order valence-corrected chi connectivity index (χ1v) is 6.56. The molecule has 1 saturated carbocycles. The third-order valence-corrected chi connectivity index (χ3v) is 3.40. The van der Waals surface area contributed by atoms with Gasteiger partial charge in [-0.2, -0.15) is 0 Å². The van der Waals surface area contributed by atoms with Crippen molar-refractivity contribution in [2.45, 2.75) is 65.3 Å². The fourth-order valence-corrected chi connectivity index (χ4v) is 2.65. The van der Waals surface area contributed by atoms with Gasteiger partial charge in [0, 0.05) is 6.04 Å². The number of rotatable bonds is 8. The molecule has 1 aliphatic rings. The molecule has 84 valence electrons. The van der Waals surface area contributed by atoms with Crippen LogP contribution in [0.4, 0.5) is 0 Å².